The van der Waals surface area contributed by atoms with Gasteiger partial charge in [-0.15, -0.1) is 0 Å². The lowest BCUT2D eigenvalue weighted by molar-refractivity contribution is 1.13. The van der Waals surface area contributed by atoms with Crippen molar-refractivity contribution in [3.8, 4) is 0 Å². The minimum atomic E-state index is 0.764. The molecule has 2 aromatic heterocycles. The van der Waals surface area contributed by atoms with Gasteiger partial charge in [-0.2, -0.15) is 0 Å². The molecule has 0 aliphatic carbocycles. The van der Waals surface area contributed by atoms with Crippen LogP contribution in [0.4, 0.5) is 5.69 Å². The summed E-state index contributed by atoms with van der Waals surface area (Å²) < 4.78 is 0. The predicted octanol–water partition coefficient (Wildman–Crippen LogP) is 4.40. The molecule has 0 saturated carbocycles. The third-order valence-electron chi connectivity index (χ3n) is 3.81. The number of para-hydroxylation sites is 2. The Morgan fingerprint density at radius 1 is 0.727 bits per heavy atom. The fraction of sp³-hybridized carbons (Fsp3) is 0.0526. The van der Waals surface area contributed by atoms with Gasteiger partial charge in [-0.3, -0.25) is 4.98 Å². The number of fused-ring (bicyclic) bond motifs is 2. The summed E-state index contributed by atoms with van der Waals surface area (Å²) in [6.07, 6.45) is 3.64. The van der Waals surface area contributed by atoms with Crippen LogP contribution in [-0.2, 0) is 6.54 Å². The van der Waals surface area contributed by atoms with Gasteiger partial charge in [-0.25, -0.2) is 4.98 Å². The molecular formula is C19H15N3. The van der Waals surface area contributed by atoms with E-state index in [1.165, 1.54) is 5.56 Å². The number of nitrogens with one attached hydrogen (secondary N) is 1. The van der Waals surface area contributed by atoms with Crippen LogP contribution in [-0.4, -0.2) is 9.97 Å². The number of hydrogen-bond acceptors (Lipinski definition) is 3. The van der Waals surface area contributed by atoms with Gasteiger partial charge in [0.05, 0.1) is 16.7 Å². The van der Waals surface area contributed by atoms with Crippen LogP contribution in [0.3, 0.4) is 0 Å². The fourth-order valence-corrected chi connectivity index (χ4v) is 2.72. The van der Waals surface area contributed by atoms with Crippen molar-refractivity contribution in [2.75, 3.05) is 5.32 Å². The molecule has 0 unspecified atom stereocenters. The van der Waals surface area contributed by atoms with E-state index in [2.05, 4.69) is 46.7 Å². The van der Waals surface area contributed by atoms with E-state index in [-0.39, 0.29) is 0 Å². The molecule has 1 N–H and O–H groups in total. The van der Waals surface area contributed by atoms with Gasteiger partial charge in [0.25, 0.3) is 0 Å². The third kappa shape index (κ3) is 2.27. The Bertz CT molecular complexity index is 879. The number of rotatable bonds is 3. The summed E-state index contributed by atoms with van der Waals surface area (Å²) in [5.74, 6) is 0. The predicted molar refractivity (Wildman–Crippen MR) is 90.8 cm³/mol. The number of aromatic nitrogens is 2. The van der Waals surface area contributed by atoms with E-state index >= 15 is 0 Å². The Balaban J connectivity index is 1.85. The van der Waals surface area contributed by atoms with Crippen LogP contribution in [0, 0.1) is 0 Å². The molecule has 22 heavy (non-hydrogen) atoms. The second-order valence-corrected chi connectivity index (χ2v) is 5.23. The van der Waals surface area contributed by atoms with Gasteiger partial charge in [0.15, 0.2) is 0 Å². The molecule has 2 heterocycles. The number of benzene rings is 2. The minimum absolute atomic E-state index is 0.764. The summed E-state index contributed by atoms with van der Waals surface area (Å²) >= 11 is 0. The van der Waals surface area contributed by atoms with Gasteiger partial charge in [0.1, 0.15) is 0 Å². The van der Waals surface area contributed by atoms with E-state index in [0.29, 0.717) is 0 Å². The normalized spacial score (nSPS) is 10.9. The summed E-state index contributed by atoms with van der Waals surface area (Å²) in [5, 5.41) is 5.88. The lowest BCUT2D eigenvalue weighted by atomic mass is 10.1. The number of hydrogen-bond donors (Lipinski definition) is 1. The van der Waals surface area contributed by atoms with Crippen LogP contribution in [0.15, 0.2) is 73.1 Å². The van der Waals surface area contributed by atoms with Crippen molar-refractivity contribution in [2.45, 2.75) is 6.54 Å². The zero-order valence-electron chi connectivity index (χ0n) is 12.0. The molecule has 2 aromatic carbocycles. The first-order valence-electron chi connectivity index (χ1n) is 7.32. The molecular weight excluding hydrogens is 270 g/mol. The van der Waals surface area contributed by atoms with Crippen LogP contribution < -0.4 is 5.32 Å². The van der Waals surface area contributed by atoms with Gasteiger partial charge in [0.2, 0.25) is 0 Å². The summed E-state index contributed by atoms with van der Waals surface area (Å²) in [6.45, 7) is 0.764. The maximum atomic E-state index is 4.74. The van der Waals surface area contributed by atoms with Gasteiger partial charge >= 0.3 is 0 Å². The SMILES string of the molecule is c1ccc2c(NCc3ccncc3)c3ccccc3nc2c1. The first-order chi connectivity index (χ1) is 10.9. The highest BCUT2D eigenvalue weighted by Gasteiger charge is 2.08. The highest BCUT2D eigenvalue weighted by Crippen LogP contribution is 2.30. The smallest absolute Gasteiger partial charge is 0.0730 e. The lowest BCUT2D eigenvalue weighted by Gasteiger charge is -2.13. The van der Waals surface area contributed by atoms with E-state index in [1.54, 1.807) is 0 Å². The number of nitrogens with zero attached hydrogens (tertiary/aromatic N) is 2. The van der Waals surface area contributed by atoms with Crippen molar-refractivity contribution < 1.29 is 0 Å². The Kier molecular flexibility index (Phi) is 3.16. The van der Waals surface area contributed by atoms with Crippen molar-refractivity contribution in [3.05, 3.63) is 78.6 Å². The average Bonchev–Trinajstić information content (AvgIpc) is 2.59. The second-order valence-electron chi connectivity index (χ2n) is 5.23. The average molecular weight is 285 g/mol. The first kappa shape index (κ1) is 12.8. The van der Waals surface area contributed by atoms with Crippen molar-refractivity contribution >= 4 is 27.5 Å². The van der Waals surface area contributed by atoms with E-state index in [1.807, 2.05) is 36.7 Å². The Morgan fingerprint density at radius 3 is 1.95 bits per heavy atom. The Hall–Kier alpha value is -2.94. The summed E-state index contributed by atoms with van der Waals surface area (Å²) in [4.78, 5) is 8.81. The molecule has 3 heteroatoms. The van der Waals surface area contributed by atoms with Crippen molar-refractivity contribution in [1.29, 1.82) is 0 Å². The van der Waals surface area contributed by atoms with Crippen molar-refractivity contribution in [2.24, 2.45) is 0 Å². The van der Waals surface area contributed by atoms with E-state index < -0.39 is 0 Å². The van der Waals surface area contributed by atoms with Gasteiger partial charge in [0, 0.05) is 29.7 Å². The molecule has 4 aromatic rings. The third-order valence-corrected chi connectivity index (χ3v) is 3.81. The van der Waals surface area contributed by atoms with Crippen molar-refractivity contribution in [1.82, 2.24) is 9.97 Å². The fourth-order valence-electron chi connectivity index (χ4n) is 2.72. The van der Waals surface area contributed by atoms with Gasteiger partial charge in [-0.1, -0.05) is 36.4 Å². The quantitative estimate of drug-likeness (QED) is 0.567. The number of pyridine rings is 2. The highest BCUT2D eigenvalue weighted by atomic mass is 14.9. The molecule has 106 valence electrons. The van der Waals surface area contributed by atoms with Crippen LogP contribution in [0.25, 0.3) is 21.8 Å². The molecule has 0 aliphatic rings. The molecule has 3 nitrogen and oxygen atoms in total. The molecule has 0 saturated heterocycles. The van der Waals surface area contributed by atoms with Gasteiger partial charge in [-0.05, 0) is 29.8 Å². The molecule has 0 spiro atoms. The Labute approximate surface area is 128 Å². The minimum Gasteiger partial charge on any atom is -0.380 e. The second kappa shape index (κ2) is 5.45. The first-order valence-corrected chi connectivity index (χ1v) is 7.32. The molecule has 0 aliphatic heterocycles. The van der Waals surface area contributed by atoms with Crippen LogP contribution in [0.2, 0.25) is 0 Å². The van der Waals surface area contributed by atoms with Gasteiger partial charge < -0.3 is 5.32 Å². The Morgan fingerprint density at radius 2 is 1.32 bits per heavy atom. The maximum absolute atomic E-state index is 4.74. The maximum Gasteiger partial charge on any atom is 0.0730 e. The summed E-state index contributed by atoms with van der Waals surface area (Å²) in [5.41, 5.74) is 4.37. The zero-order valence-corrected chi connectivity index (χ0v) is 12.0. The van der Waals surface area contributed by atoms with Crippen LogP contribution in [0.5, 0.6) is 0 Å². The molecule has 0 fully saturated rings. The molecule has 0 atom stereocenters. The molecule has 0 amide bonds. The summed E-state index contributed by atoms with van der Waals surface area (Å²) in [7, 11) is 0. The lowest BCUT2D eigenvalue weighted by Crippen LogP contribution is -2.01. The van der Waals surface area contributed by atoms with Crippen LogP contribution >= 0.6 is 0 Å². The largest absolute Gasteiger partial charge is 0.380 e. The monoisotopic (exact) mass is 285 g/mol. The van der Waals surface area contributed by atoms with E-state index in [0.717, 1.165) is 34.0 Å². The van der Waals surface area contributed by atoms with E-state index in [4.69, 9.17) is 4.98 Å². The molecule has 0 radical (unpaired) electrons. The zero-order chi connectivity index (χ0) is 14.8. The topological polar surface area (TPSA) is 37.8 Å². The molecule has 4 rings (SSSR count). The summed E-state index contributed by atoms with van der Waals surface area (Å²) in [6, 6.07) is 20.5. The number of anilines is 1. The van der Waals surface area contributed by atoms with Crippen LogP contribution in [0.1, 0.15) is 5.56 Å². The standard InChI is InChI=1S/C19H15N3/c1-3-7-17-15(5-1)19(16-6-2-4-8-18(16)22-17)21-13-14-9-11-20-12-10-14/h1-12H,13H2,(H,21,22). The highest BCUT2D eigenvalue weighted by molar-refractivity contribution is 6.07. The van der Waals surface area contributed by atoms with Crippen molar-refractivity contribution in [3.63, 3.8) is 0 Å². The molecule has 0 bridgehead atoms. The van der Waals surface area contributed by atoms with E-state index in [9.17, 15) is 0 Å².